The lowest BCUT2D eigenvalue weighted by atomic mass is 10.1. The molecule has 0 unspecified atom stereocenters. The number of carbonyl (C=O) groups excluding carboxylic acids is 2. The number of carbonyl (C=O) groups is 2. The molecule has 0 saturated heterocycles. The van der Waals surface area contributed by atoms with Gasteiger partial charge in [-0.3, -0.25) is 14.6 Å². The van der Waals surface area contributed by atoms with E-state index in [2.05, 4.69) is 10.3 Å². The van der Waals surface area contributed by atoms with E-state index in [-0.39, 0.29) is 22.5 Å². The highest BCUT2D eigenvalue weighted by molar-refractivity contribution is 8.14. The lowest BCUT2D eigenvalue weighted by molar-refractivity contribution is -0.124. The van der Waals surface area contributed by atoms with Crippen molar-refractivity contribution in [3.05, 3.63) is 95.6 Å². The Labute approximate surface area is 224 Å². The first kappa shape index (κ1) is 25.8. The number of nitrogens with one attached hydrogen (secondary N) is 1. The largest absolute Gasteiger partial charge is 0.355 e. The van der Waals surface area contributed by atoms with E-state index < -0.39 is 16.1 Å². The van der Waals surface area contributed by atoms with Crippen LogP contribution in [-0.2, 0) is 32.5 Å². The number of nitrogens with zero attached hydrogens (tertiary/aromatic N) is 3. The Bertz CT molecular complexity index is 1540. The van der Waals surface area contributed by atoms with E-state index in [0.717, 1.165) is 16.7 Å². The van der Waals surface area contributed by atoms with Crippen LogP contribution in [0, 0.1) is 0 Å². The molecule has 5 rings (SSSR count). The molecule has 2 amide bonds. The van der Waals surface area contributed by atoms with Gasteiger partial charge in [0.25, 0.3) is 5.91 Å². The number of amides is 2. The molecule has 0 spiro atoms. The summed E-state index contributed by atoms with van der Waals surface area (Å²) in [6.07, 6.45) is 1.01. The molecule has 3 N–H and O–H groups in total. The maximum atomic E-state index is 13.4. The summed E-state index contributed by atoms with van der Waals surface area (Å²) in [6, 6.07) is 22.9. The van der Waals surface area contributed by atoms with E-state index in [1.54, 1.807) is 12.1 Å². The fraction of sp³-hybridized carbons (Fsp3) is 0.185. The van der Waals surface area contributed by atoms with Gasteiger partial charge in [0.2, 0.25) is 15.9 Å². The summed E-state index contributed by atoms with van der Waals surface area (Å²) in [6.45, 7) is 0.373. The number of nitrogens with two attached hydrogens (primary N) is 1. The highest BCUT2D eigenvalue weighted by atomic mass is 32.2. The smallest absolute Gasteiger partial charge is 0.259 e. The number of aliphatic imine (C=N–C) groups is 2. The second-order valence-electron chi connectivity index (χ2n) is 8.82. The Morgan fingerprint density at radius 3 is 2.42 bits per heavy atom. The van der Waals surface area contributed by atoms with E-state index in [4.69, 9.17) is 10.1 Å². The molecular formula is C27H25N5O4S2. The lowest BCUT2D eigenvalue weighted by Crippen LogP contribution is -2.42. The standard InChI is InChI=1S/C27H25N5O4S2/c28-38(35,36)20-12-10-18(11-13-20)14-15-29-24(33)17-37-27-31-22-9-5-4-8-21(22)25-30-23(26(34)32(25)27)16-19-6-2-1-3-7-19/h1-13,23H,14-17H2,(H,29,33)(H2,28,35,36)/t23-/m0/s1. The molecule has 0 radical (unpaired) electrons. The van der Waals surface area contributed by atoms with Crippen LogP contribution in [0.4, 0.5) is 5.69 Å². The van der Waals surface area contributed by atoms with Gasteiger partial charge in [0.15, 0.2) is 5.17 Å². The van der Waals surface area contributed by atoms with Crippen LogP contribution in [0.25, 0.3) is 0 Å². The fourth-order valence-electron chi connectivity index (χ4n) is 4.24. The van der Waals surface area contributed by atoms with E-state index in [1.165, 1.54) is 28.8 Å². The molecule has 194 valence electrons. The third-order valence-corrected chi connectivity index (χ3v) is 8.01. The first-order chi connectivity index (χ1) is 18.3. The summed E-state index contributed by atoms with van der Waals surface area (Å²) in [7, 11) is -3.74. The summed E-state index contributed by atoms with van der Waals surface area (Å²) >= 11 is 1.19. The van der Waals surface area contributed by atoms with Crippen molar-refractivity contribution in [2.75, 3.05) is 12.3 Å². The molecule has 3 aromatic carbocycles. The van der Waals surface area contributed by atoms with Crippen molar-refractivity contribution in [1.29, 1.82) is 0 Å². The van der Waals surface area contributed by atoms with Crippen LogP contribution in [0.5, 0.6) is 0 Å². The Morgan fingerprint density at radius 2 is 1.68 bits per heavy atom. The van der Waals surface area contributed by atoms with Gasteiger partial charge in [0, 0.05) is 18.5 Å². The molecule has 0 saturated carbocycles. The Balaban J connectivity index is 1.22. The second kappa shape index (κ2) is 10.9. The molecule has 1 atom stereocenters. The number of para-hydroxylation sites is 1. The number of thioether (sulfide) groups is 1. The first-order valence-electron chi connectivity index (χ1n) is 11.9. The average Bonchev–Trinajstić information content (AvgIpc) is 3.24. The molecule has 2 aliphatic heterocycles. The summed E-state index contributed by atoms with van der Waals surface area (Å²) < 4.78 is 22.8. The van der Waals surface area contributed by atoms with Gasteiger partial charge >= 0.3 is 0 Å². The summed E-state index contributed by atoms with van der Waals surface area (Å²) in [5.74, 6) is 0.273. The third-order valence-electron chi connectivity index (χ3n) is 6.14. The van der Waals surface area contributed by atoms with Crippen molar-refractivity contribution in [3.8, 4) is 0 Å². The van der Waals surface area contributed by atoms with Crippen LogP contribution >= 0.6 is 11.8 Å². The van der Waals surface area contributed by atoms with E-state index in [9.17, 15) is 18.0 Å². The van der Waals surface area contributed by atoms with Gasteiger partial charge in [-0.1, -0.05) is 66.4 Å². The third kappa shape index (κ3) is 5.69. The molecule has 38 heavy (non-hydrogen) atoms. The normalized spacial score (nSPS) is 16.4. The second-order valence-corrected chi connectivity index (χ2v) is 11.3. The highest BCUT2D eigenvalue weighted by Crippen LogP contribution is 2.34. The number of sulfonamides is 1. The fourth-order valence-corrected chi connectivity index (χ4v) is 5.59. The van der Waals surface area contributed by atoms with Gasteiger partial charge in [-0.2, -0.15) is 0 Å². The van der Waals surface area contributed by atoms with E-state index >= 15 is 0 Å². The van der Waals surface area contributed by atoms with Gasteiger partial charge in [-0.25, -0.2) is 23.4 Å². The quantitative estimate of drug-likeness (QED) is 0.447. The predicted octanol–water partition coefficient (Wildman–Crippen LogP) is 2.63. The molecule has 0 fully saturated rings. The Kier molecular flexibility index (Phi) is 7.41. The molecule has 0 aliphatic carbocycles. The zero-order chi connectivity index (χ0) is 26.7. The van der Waals surface area contributed by atoms with Crippen molar-refractivity contribution in [2.24, 2.45) is 15.1 Å². The van der Waals surface area contributed by atoms with Crippen molar-refractivity contribution in [3.63, 3.8) is 0 Å². The zero-order valence-corrected chi connectivity index (χ0v) is 21.9. The van der Waals surface area contributed by atoms with Crippen molar-refractivity contribution >= 4 is 50.3 Å². The van der Waals surface area contributed by atoms with Crippen molar-refractivity contribution in [1.82, 2.24) is 10.2 Å². The molecule has 2 aliphatic rings. The van der Waals surface area contributed by atoms with E-state index in [0.29, 0.717) is 36.1 Å². The molecule has 3 aromatic rings. The maximum absolute atomic E-state index is 13.4. The number of fused-ring (bicyclic) bond motifs is 3. The monoisotopic (exact) mass is 547 g/mol. The molecule has 2 heterocycles. The van der Waals surface area contributed by atoms with Gasteiger partial charge in [-0.05, 0) is 41.8 Å². The average molecular weight is 548 g/mol. The number of hydrogen-bond donors (Lipinski definition) is 2. The number of primary sulfonamides is 1. The van der Waals surface area contributed by atoms with Crippen LogP contribution < -0.4 is 10.5 Å². The molecular weight excluding hydrogens is 522 g/mol. The van der Waals surface area contributed by atoms with Crippen LogP contribution in [0.15, 0.2) is 93.7 Å². The number of benzene rings is 3. The maximum Gasteiger partial charge on any atom is 0.259 e. The minimum Gasteiger partial charge on any atom is -0.355 e. The zero-order valence-electron chi connectivity index (χ0n) is 20.3. The SMILES string of the molecule is NS(=O)(=O)c1ccc(CCNC(=O)CSC2=Nc3ccccc3C3=N[C@@H](Cc4ccccc4)C(=O)N23)cc1. The summed E-state index contributed by atoms with van der Waals surface area (Å²) in [5, 5.41) is 8.41. The minimum absolute atomic E-state index is 0.0434. The van der Waals surface area contributed by atoms with Gasteiger partial charge in [0.1, 0.15) is 11.9 Å². The number of amidine groups is 2. The minimum atomic E-state index is -3.74. The van der Waals surface area contributed by atoms with Crippen LogP contribution in [0.1, 0.15) is 16.7 Å². The van der Waals surface area contributed by atoms with Crippen LogP contribution in [0.3, 0.4) is 0 Å². The van der Waals surface area contributed by atoms with Crippen LogP contribution in [0.2, 0.25) is 0 Å². The van der Waals surface area contributed by atoms with E-state index in [1.807, 2.05) is 54.6 Å². The van der Waals surface area contributed by atoms with Gasteiger partial charge in [-0.15, -0.1) is 0 Å². The Morgan fingerprint density at radius 1 is 0.974 bits per heavy atom. The Hall–Kier alpha value is -3.80. The predicted molar refractivity (Wildman–Crippen MR) is 148 cm³/mol. The van der Waals surface area contributed by atoms with Gasteiger partial charge in [0.05, 0.1) is 16.3 Å². The summed E-state index contributed by atoms with van der Waals surface area (Å²) in [5.41, 5.74) is 3.39. The number of rotatable bonds is 8. The highest BCUT2D eigenvalue weighted by Gasteiger charge is 2.41. The molecule has 0 bridgehead atoms. The van der Waals surface area contributed by atoms with Crippen molar-refractivity contribution in [2.45, 2.75) is 23.8 Å². The topological polar surface area (TPSA) is 134 Å². The lowest BCUT2D eigenvalue weighted by Gasteiger charge is -2.25. The molecule has 9 nitrogen and oxygen atoms in total. The van der Waals surface area contributed by atoms with Crippen molar-refractivity contribution < 1.29 is 18.0 Å². The molecule has 11 heteroatoms. The van der Waals surface area contributed by atoms with Crippen LogP contribution in [-0.4, -0.2) is 54.5 Å². The molecule has 0 aromatic heterocycles. The summed E-state index contributed by atoms with van der Waals surface area (Å²) in [4.78, 5) is 37.0. The first-order valence-corrected chi connectivity index (χ1v) is 14.5. The van der Waals surface area contributed by atoms with Gasteiger partial charge < -0.3 is 5.32 Å². The number of hydrogen-bond acceptors (Lipinski definition) is 7.